The van der Waals surface area contributed by atoms with E-state index in [0.717, 1.165) is 10.4 Å². The fraction of sp³-hybridized carbons (Fsp3) is 0.538. The summed E-state index contributed by atoms with van der Waals surface area (Å²) in [5.41, 5.74) is 7.25. The number of nitrogens with one attached hydrogen (secondary N) is 1. The third-order valence-corrected chi connectivity index (χ3v) is 4.58. The van der Waals surface area contributed by atoms with E-state index in [1.54, 1.807) is 18.3 Å². The molecule has 0 aromatic carbocycles. The van der Waals surface area contributed by atoms with Gasteiger partial charge < -0.3 is 5.73 Å². The first kappa shape index (κ1) is 14.2. The van der Waals surface area contributed by atoms with Crippen molar-refractivity contribution >= 4 is 23.2 Å². The normalized spacial score (nSPS) is 24.1. The zero-order valence-corrected chi connectivity index (χ0v) is 12.2. The lowest BCUT2D eigenvalue weighted by Crippen LogP contribution is -2.59. The molecule has 2 heterocycles. The van der Waals surface area contributed by atoms with Crippen LogP contribution >= 0.6 is 11.3 Å². The molecule has 104 valence electrons. The lowest BCUT2D eigenvalue weighted by molar-refractivity contribution is -0.141. The van der Waals surface area contributed by atoms with Crippen LogP contribution in [-0.4, -0.2) is 35.3 Å². The van der Waals surface area contributed by atoms with Crippen LogP contribution in [0.5, 0.6) is 0 Å². The largest absolute Gasteiger partial charge is 0.326 e. The van der Waals surface area contributed by atoms with E-state index in [2.05, 4.69) is 5.32 Å². The van der Waals surface area contributed by atoms with Gasteiger partial charge in [0.05, 0.1) is 18.6 Å². The predicted molar refractivity (Wildman–Crippen MR) is 74.8 cm³/mol. The highest BCUT2D eigenvalue weighted by molar-refractivity contribution is 7.10. The zero-order valence-electron chi connectivity index (χ0n) is 11.3. The molecule has 1 aromatic rings. The Morgan fingerprint density at radius 1 is 1.53 bits per heavy atom. The van der Waals surface area contributed by atoms with Gasteiger partial charge in [0.15, 0.2) is 0 Å². The first-order valence-corrected chi connectivity index (χ1v) is 7.18. The number of aryl methyl sites for hydroxylation is 1. The first-order valence-electron chi connectivity index (χ1n) is 6.30. The minimum atomic E-state index is -0.352. The summed E-state index contributed by atoms with van der Waals surface area (Å²) in [7, 11) is 0. The average Bonchev–Trinajstić information content (AvgIpc) is 2.71. The van der Waals surface area contributed by atoms with E-state index in [1.807, 2.05) is 30.2 Å². The van der Waals surface area contributed by atoms with Crippen molar-refractivity contribution in [1.29, 1.82) is 0 Å². The number of rotatable bonds is 3. The van der Waals surface area contributed by atoms with E-state index in [-0.39, 0.29) is 36.5 Å². The third-order valence-electron chi connectivity index (χ3n) is 3.49. The number of piperazine rings is 1. The Morgan fingerprint density at radius 2 is 2.21 bits per heavy atom. The van der Waals surface area contributed by atoms with Crippen molar-refractivity contribution in [3.8, 4) is 0 Å². The Bertz CT molecular complexity index is 498. The second-order valence-electron chi connectivity index (χ2n) is 5.03. The van der Waals surface area contributed by atoms with Gasteiger partial charge in [0.25, 0.3) is 0 Å². The molecule has 6 heteroatoms. The highest BCUT2D eigenvalue weighted by Crippen LogP contribution is 2.32. The van der Waals surface area contributed by atoms with Crippen molar-refractivity contribution in [3.63, 3.8) is 0 Å². The van der Waals surface area contributed by atoms with Crippen molar-refractivity contribution in [1.82, 2.24) is 10.2 Å². The highest BCUT2D eigenvalue weighted by Gasteiger charge is 2.37. The minimum Gasteiger partial charge on any atom is -0.326 e. The molecule has 1 saturated heterocycles. The van der Waals surface area contributed by atoms with Gasteiger partial charge in [0, 0.05) is 10.9 Å². The number of carbonyl (C=O) groups is 2. The van der Waals surface area contributed by atoms with E-state index in [4.69, 9.17) is 5.73 Å². The number of carbonyl (C=O) groups excluding carboxylic acids is 2. The molecule has 0 spiro atoms. The van der Waals surface area contributed by atoms with Crippen LogP contribution in [0.2, 0.25) is 0 Å². The number of hydrogen-bond acceptors (Lipinski definition) is 5. The number of thiophene rings is 1. The van der Waals surface area contributed by atoms with E-state index >= 15 is 0 Å². The van der Waals surface area contributed by atoms with Crippen molar-refractivity contribution in [2.45, 2.75) is 38.9 Å². The smallest absolute Gasteiger partial charge is 0.243 e. The van der Waals surface area contributed by atoms with Crippen LogP contribution in [0.1, 0.15) is 30.3 Å². The summed E-state index contributed by atoms with van der Waals surface area (Å²) in [5.74, 6) is -0.515. The number of hydrogen-bond donors (Lipinski definition) is 2. The molecule has 3 atom stereocenters. The Hall–Kier alpha value is -1.24. The van der Waals surface area contributed by atoms with Crippen molar-refractivity contribution in [3.05, 3.63) is 21.9 Å². The van der Waals surface area contributed by atoms with E-state index < -0.39 is 0 Å². The van der Waals surface area contributed by atoms with Crippen LogP contribution < -0.4 is 11.1 Å². The Morgan fingerprint density at radius 3 is 2.74 bits per heavy atom. The standard InChI is InChI=1S/C13H19N3O2S/c1-7-4-5-19-12(7)11(8(2)14)16-6-10(17)15-13(18)9(16)3/h4-5,8-9,11H,6,14H2,1-3H3,(H,15,17,18). The molecule has 0 radical (unpaired) electrons. The Labute approximate surface area is 116 Å². The second kappa shape index (κ2) is 5.40. The highest BCUT2D eigenvalue weighted by atomic mass is 32.1. The summed E-state index contributed by atoms with van der Waals surface area (Å²) in [6.07, 6.45) is 0. The fourth-order valence-corrected chi connectivity index (χ4v) is 3.62. The average molecular weight is 281 g/mol. The molecule has 2 amide bonds. The van der Waals surface area contributed by atoms with Gasteiger partial charge in [-0.25, -0.2) is 0 Å². The van der Waals surface area contributed by atoms with Crippen LogP contribution in [0.25, 0.3) is 0 Å². The first-order chi connectivity index (χ1) is 8.91. The molecule has 1 aliphatic heterocycles. The minimum absolute atomic E-state index is 0.106. The SMILES string of the molecule is Cc1ccsc1C(C(C)N)N1CC(=O)NC(=O)C1C. The number of nitrogens with two attached hydrogens (primary N) is 1. The molecule has 5 nitrogen and oxygen atoms in total. The van der Waals surface area contributed by atoms with Gasteiger partial charge in [-0.15, -0.1) is 11.3 Å². The Kier molecular flexibility index (Phi) is 4.03. The van der Waals surface area contributed by atoms with Crippen molar-refractivity contribution in [2.24, 2.45) is 5.73 Å². The summed E-state index contributed by atoms with van der Waals surface area (Å²) in [5, 5.41) is 4.37. The van der Waals surface area contributed by atoms with Crippen LogP contribution in [0, 0.1) is 6.92 Å². The number of amides is 2. The van der Waals surface area contributed by atoms with Crippen LogP contribution in [0.4, 0.5) is 0 Å². The van der Waals surface area contributed by atoms with Gasteiger partial charge >= 0.3 is 0 Å². The molecule has 19 heavy (non-hydrogen) atoms. The lowest BCUT2D eigenvalue weighted by Gasteiger charge is -2.39. The van der Waals surface area contributed by atoms with E-state index in [9.17, 15) is 9.59 Å². The molecule has 1 fully saturated rings. The van der Waals surface area contributed by atoms with E-state index in [0.29, 0.717) is 0 Å². The molecule has 3 unspecified atom stereocenters. The van der Waals surface area contributed by atoms with Crippen LogP contribution in [-0.2, 0) is 9.59 Å². The van der Waals surface area contributed by atoms with Gasteiger partial charge in [-0.1, -0.05) is 0 Å². The molecular weight excluding hydrogens is 262 g/mol. The summed E-state index contributed by atoms with van der Waals surface area (Å²) in [4.78, 5) is 26.4. The molecule has 1 aliphatic rings. The number of imide groups is 1. The second-order valence-corrected chi connectivity index (χ2v) is 5.98. The maximum atomic E-state index is 11.8. The van der Waals surface area contributed by atoms with Crippen LogP contribution in [0.3, 0.4) is 0 Å². The summed E-state index contributed by atoms with van der Waals surface area (Å²) in [6, 6.07) is 1.42. The number of nitrogens with zero attached hydrogens (tertiary/aromatic N) is 1. The molecule has 2 rings (SSSR count). The van der Waals surface area contributed by atoms with Gasteiger partial charge in [0.1, 0.15) is 0 Å². The van der Waals surface area contributed by atoms with Crippen molar-refractivity contribution in [2.75, 3.05) is 6.54 Å². The molecule has 0 saturated carbocycles. The van der Waals surface area contributed by atoms with Crippen LogP contribution in [0.15, 0.2) is 11.4 Å². The molecule has 1 aromatic heterocycles. The van der Waals surface area contributed by atoms with Gasteiger partial charge in [-0.3, -0.25) is 19.8 Å². The Balaban J connectivity index is 2.36. The maximum Gasteiger partial charge on any atom is 0.243 e. The summed E-state index contributed by atoms with van der Waals surface area (Å²) in [6.45, 7) is 5.95. The molecule has 3 N–H and O–H groups in total. The van der Waals surface area contributed by atoms with Gasteiger partial charge in [0.2, 0.25) is 11.8 Å². The zero-order chi connectivity index (χ0) is 14.2. The summed E-state index contributed by atoms with van der Waals surface area (Å²) >= 11 is 1.62. The van der Waals surface area contributed by atoms with Crippen molar-refractivity contribution < 1.29 is 9.59 Å². The molecular formula is C13H19N3O2S. The molecule has 0 aliphatic carbocycles. The predicted octanol–water partition coefficient (Wildman–Crippen LogP) is 0.792. The van der Waals surface area contributed by atoms with Gasteiger partial charge in [-0.2, -0.15) is 0 Å². The van der Waals surface area contributed by atoms with E-state index in [1.165, 1.54) is 0 Å². The monoisotopic (exact) mass is 281 g/mol. The fourth-order valence-electron chi connectivity index (χ4n) is 2.45. The molecule has 0 bridgehead atoms. The quantitative estimate of drug-likeness (QED) is 0.803. The third kappa shape index (κ3) is 2.70. The maximum absolute atomic E-state index is 11.8. The topological polar surface area (TPSA) is 75.4 Å². The summed E-state index contributed by atoms with van der Waals surface area (Å²) < 4.78 is 0. The lowest BCUT2D eigenvalue weighted by atomic mass is 10.0. The van der Waals surface area contributed by atoms with Gasteiger partial charge in [-0.05, 0) is 37.8 Å².